The van der Waals surface area contributed by atoms with Crippen LogP contribution < -0.4 is 20.3 Å². The lowest BCUT2D eigenvalue weighted by molar-refractivity contribution is -0.121. The van der Waals surface area contributed by atoms with E-state index in [2.05, 4.69) is 34.4 Å². The normalized spacial score (nSPS) is 15.0. The van der Waals surface area contributed by atoms with Crippen LogP contribution in [0.15, 0.2) is 79.4 Å². The van der Waals surface area contributed by atoms with Crippen molar-refractivity contribution in [3.05, 3.63) is 90.6 Å². The first-order chi connectivity index (χ1) is 20.4. The van der Waals surface area contributed by atoms with E-state index in [0.717, 1.165) is 22.7 Å². The van der Waals surface area contributed by atoms with Gasteiger partial charge in [-0.2, -0.15) is 4.98 Å². The number of hydrogen-bond donors (Lipinski definition) is 2. The number of amides is 3. The number of carbonyl (C=O) groups is 2. The summed E-state index contributed by atoms with van der Waals surface area (Å²) in [5.74, 6) is 2.05. The maximum absolute atomic E-state index is 13.3. The van der Waals surface area contributed by atoms with Crippen molar-refractivity contribution in [2.24, 2.45) is 0 Å². The molecule has 2 N–H and O–H groups in total. The number of methoxy groups -OCH3 is 1. The first-order valence-corrected chi connectivity index (χ1v) is 14.0. The van der Waals surface area contributed by atoms with Gasteiger partial charge in [0.1, 0.15) is 17.9 Å². The fraction of sp³-hybridized carbons (Fsp3) is 0.323. The van der Waals surface area contributed by atoms with E-state index in [9.17, 15) is 9.59 Å². The lowest BCUT2D eigenvalue weighted by atomic mass is 10.1. The predicted octanol–water partition coefficient (Wildman–Crippen LogP) is 4.22. The number of urea groups is 1. The van der Waals surface area contributed by atoms with E-state index in [1.165, 1.54) is 0 Å². The van der Waals surface area contributed by atoms with Crippen LogP contribution in [0.3, 0.4) is 0 Å². The van der Waals surface area contributed by atoms with E-state index >= 15 is 0 Å². The monoisotopic (exact) mass is 568 g/mol. The van der Waals surface area contributed by atoms with Gasteiger partial charge in [-0.3, -0.25) is 9.36 Å². The Bertz CT molecular complexity index is 1480. The molecule has 1 fully saturated rings. The molecular formula is C31H36N8O3. The molecule has 42 heavy (non-hydrogen) atoms. The maximum Gasteiger partial charge on any atom is 0.321 e. The fourth-order valence-corrected chi connectivity index (χ4v) is 4.85. The van der Waals surface area contributed by atoms with Crippen molar-refractivity contribution in [1.29, 1.82) is 0 Å². The Morgan fingerprint density at radius 1 is 1.05 bits per heavy atom. The molecule has 2 aromatic carbocycles. The van der Waals surface area contributed by atoms with Crippen molar-refractivity contribution >= 4 is 23.4 Å². The Morgan fingerprint density at radius 2 is 1.83 bits per heavy atom. The molecule has 3 amide bonds. The lowest BCUT2D eigenvalue weighted by Crippen LogP contribution is -2.57. The summed E-state index contributed by atoms with van der Waals surface area (Å²) >= 11 is 0. The number of anilines is 2. The molecule has 11 nitrogen and oxygen atoms in total. The zero-order valence-electron chi connectivity index (χ0n) is 24.1. The third-order valence-corrected chi connectivity index (χ3v) is 7.21. The Kier molecular flexibility index (Phi) is 8.96. The van der Waals surface area contributed by atoms with Crippen LogP contribution in [0.4, 0.5) is 16.3 Å². The van der Waals surface area contributed by atoms with Gasteiger partial charge in [-0.1, -0.05) is 44.2 Å². The van der Waals surface area contributed by atoms with Gasteiger partial charge in [0, 0.05) is 56.7 Å². The highest BCUT2D eigenvalue weighted by Gasteiger charge is 2.33. The molecule has 2 aromatic heterocycles. The second kappa shape index (κ2) is 13.2. The first kappa shape index (κ1) is 28.6. The van der Waals surface area contributed by atoms with Crippen LogP contribution in [0.5, 0.6) is 5.75 Å². The van der Waals surface area contributed by atoms with Crippen molar-refractivity contribution in [3.63, 3.8) is 0 Å². The Morgan fingerprint density at radius 3 is 2.52 bits per heavy atom. The van der Waals surface area contributed by atoms with E-state index < -0.39 is 0 Å². The van der Waals surface area contributed by atoms with Gasteiger partial charge in [-0.05, 0) is 35.7 Å². The summed E-state index contributed by atoms with van der Waals surface area (Å²) in [6.07, 6.45) is 5.34. The summed E-state index contributed by atoms with van der Waals surface area (Å²) in [4.78, 5) is 44.1. The van der Waals surface area contributed by atoms with Crippen molar-refractivity contribution in [2.75, 3.05) is 37.0 Å². The summed E-state index contributed by atoms with van der Waals surface area (Å²) < 4.78 is 7.00. The molecular weight excluding hydrogens is 532 g/mol. The molecule has 1 unspecified atom stereocenters. The number of hydrogen-bond acceptors (Lipinski definition) is 7. The molecule has 11 heteroatoms. The third-order valence-electron chi connectivity index (χ3n) is 7.21. The van der Waals surface area contributed by atoms with Gasteiger partial charge in [0.25, 0.3) is 0 Å². The third kappa shape index (κ3) is 7.03. The molecule has 0 bridgehead atoms. The van der Waals surface area contributed by atoms with Gasteiger partial charge in [0.15, 0.2) is 0 Å². The number of benzene rings is 2. The minimum Gasteiger partial charge on any atom is -0.497 e. The molecule has 0 spiro atoms. The molecule has 4 aromatic rings. The van der Waals surface area contributed by atoms with E-state index in [1.54, 1.807) is 35.3 Å². The summed E-state index contributed by atoms with van der Waals surface area (Å²) in [7, 11) is 1.62. The van der Waals surface area contributed by atoms with E-state index in [-0.39, 0.29) is 30.3 Å². The van der Waals surface area contributed by atoms with Crippen LogP contribution in [-0.2, 0) is 11.3 Å². The SMILES string of the molecule is COc1ccc(CNC(=O)CC2CN(C(=O)Nc3ccccc3)CCN2c2cc(C(C)C)nc(-n3ccnc3)n2)cc1. The lowest BCUT2D eigenvalue weighted by Gasteiger charge is -2.42. The Labute approximate surface area is 245 Å². The van der Waals surface area contributed by atoms with Gasteiger partial charge in [0.2, 0.25) is 11.9 Å². The molecule has 1 atom stereocenters. The highest BCUT2D eigenvalue weighted by molar-refractivity contribution is 5.89. The highest BCUT2D eigenvalue weighted by Crippen LogP contribution is 2.26. The topological polar surface area (TPSA) is 118 Å². The molecule has 218 valence electrons. The van der Waals surface area contributed by atoms with Gasteiger partial charge < -0.3 is 25.2 Å². The van der Waals surface area contributed by atoms with Crippen LogP contribution in [-0.4, -0.2) is 69.1 Å². The predicted molar refractivity (Wildman–Crippen MR) is 161 cm³/mol. The van der Waals surface area contributed by atoms with Crippen LogP contribution in [0.2, 0.25) is 0 Å². The van der Waals surface area contributed by atoms with Crippen molar-refractivity contribution in [2.45, 2.75) is 38.8 Å². The number of carbonyl (C=O) groups excluding carboxylic acids is 2. The zero-order valence-corrected chi connectivity index (χ0v) is 24.1. The molecule has 1 saturated heterocycles. The number of piperazine rings is 1. The number of rotatable bonds is 9. The Hall–Kier alpha value is -4.93. The average molecular weight is 569 g/mol. The molecule has 1 aliphatic rings. The highest BCUT2D eigenvalue weighted by atomic mass is 16.5. The fourth-order valence-electron chi connectivity index (χ4n) is 4.85. The van der Waals surface area contributed by atoms with Gasteiger partial charge in [-0.15, -0.1) is 0 Å². The second-order valence-corrected chi connectivity index (χ2v) is 10.5. The zero-order chi connectivity index (χ0) is 29.5. The van der Waals surface area contributed by atoms with Crippen LogP contribution in [0.1, 0.15) is 37.4 Å². The minimum absolute atomic E-state index is 0.112. The summed E-state index contributed by atoms with van der Waals surface area (Å²) in [6, 6.07) is 18.4. The van der Waals surface area contributed by atoms with E-state index in [4.69, 9.17) is 14.7 Å². The van der Waals surface area contributed by atoms with Crippen molar-refractivity contribution in [3.8, 4) is 11.7 Å². The summed E-state index contributed by atoms with van der Waals surface area (Å²) in [6.45, 7) is 5.90. The minimum atomic E-state index is -0.304. The molecule has 5 rings (SSSR count). The van der Waals surface area contributed by atoms with Crippen molar-refractivity contribution < 1.29 is 14.3 Å². The number of ether oxygens (including phenoxy) is 1. The average Bonchev–Trinajstić information content (AvgIpc) is 3.56. The van der Waals surface area contributed by atoms with Gasteiger partial charge in [0.05, 0.1) is 18.8 Å². The molecule has 0 saturated carbocycles. The van der Waals surface area contributed by atoms with Crippen molar-refractivity contribution in [1.82, 2.24) is 29.7 Å². The molecule has 0 radical (unpaired) electrons. The molecule has 1 aliphatic heterocycles. The maximum atomic E-state index is 13.3. The first-order valence-electron chi connectivity index (χ1n) is 14.0. The van der Waals surface area contributed by atoms with Crippen LogP contribution in [0.25, 0.3) is 5.95 Å². The number of nitrogens with zero attached hydrogens (tertiary/aromatic N) is 6. The molecule has 0 aliphatic carbocycles. The number of para-hydroxylation sites is 1. The van der Waals surface area contributed by atoms with Crippen LogP contribution >= 0.6 is 0 Å². The number of imidazole rings is 1. The summed E-state index contributed by atoms with van der Waals surface area (Å²) in [5.41, 5.74) is 2.58. The van der Waals surface area contributed by atoms with Crippen LogP contribution in [0, 0.1) is 0 Å². The van der Waals surface area contributed by atoms with Gasteiger partial charge in [-0.25, -0.2) is 14.8 Å². The van der Waals surface area contributed by atoms with Gasteiger partial charge >= 0.3 is 6.03 Å². The van der Waals surface area contributed by atoms with E-state index in [1.807, 2.05) is 60.7 Å². The van der Waals surface area contributed by atoms with E-state index in [0.29, 0.717) is 37.9 Å². The molecule has 3 heterocycles. The second-order valence-electron chi connectivity index (χ2n) is 10.5. The summed E-state index contributed by atoms with van der Waals surface area (Å²) in [5, 5.41) is 6.00. The number of nitrogens with one attached hydrogen (secondary N) is 2. The Balaban J connectivity index is 1.37. The smallest absolute Gasteiger partial charge is 0.321 e. The quantitative estimate of drug-likeness (QED) is 0.310. The largest absolute Gasteiger partial charge is 0.497 e. The standard InChI is InChI=1S/C31H36N8O3/c1-22(2)27-18-28(36-30(35-27)38-14-13-32-21-38)39-16-15-37(31(41)34-24-7-5-4-6-8-24)20-25(39)17-29(40)33-19-23-9-11-26(42-3)12-10-23/h4-14,18,21-22,25H,15-17,19-20H2,1-3H3,(H,33,40)(H,34,41). The number of aromatic nitrogens is 4.